The molecule has 21 heavy (non-hydrogen) atoms. The van der Waals surface area contributed by atoms with Gasteiger partial charge in [-0.3, -0.25) is 10.0 Å². The minimum absolute atomic E-state index is 0.955. The highest BCUT2D eigenvalue weighted by atomic mass is 15.6. The Morgan fingerprint density at radius 1 is 0.714 bits per heavy atom. The first-order chi connectivity index (χ1) is 10.3. The zero-order valence-corrected chi connectivity index (χ0v) is 13.6. The molecule has 0 radical (unpaired) electrons. The number of hydrogen-bond acceptors (Lipinski definition) is 6. The molecule has 0 aromatic rings. The summed E-state index contributed by atoms with van der Waals surface area (Å²) in [7, 11) is 0. The Kier molecular flexibility index (Phi) is 6.63. The van der Waals surface area contributed by atoms with E-state index in [0.29, 0.717) is 0 Å². The van der Waals surface area contributed by atoms with Crippen LogP contribution >= 0.6 is 0 Å². The molecule has 6 nitrogen and oxygen atoms in total. The van der Waals surface area contributed by atoms with Crippen molar-refractivity contribution < 1.29 is 0 Å². The molecule has 120 valence electrons. The Labute approximate surface area is 129 Å². The minimum atomic E-state index is 0.955. The summed E-state index contributed by atoms with van der Waals surface area (Å²) in [4.78, 5) is 4.61. The molecule has 0 aliphatic carbocycles. The summed E-state index contributed by atoms with van der Waals surface area (Å²) in [5.74, 6) is 0. The van der Waals surface area contributed by atoms with Gasteiger partial charge < -0.3 is 9.80 Å². The second kappa shape index (κ2) is 8.74. The van der Waals surface area contributed by atoms with Gasteiger partial charge >= 0.3 is 0 Å². The molecule has 0 saturated heterocycles. The smallest absolute Gasteiger partial charge is 0.113 e. The van der Waals surface area contributed by atoms with Crippen LogP contribution in [0.3, 0.4) is 0 Å². The van der Waals surface area contributed by atoms with Crippen molar-refractivity contribution in [1.29, 1.82) is 0 Å². The monoisotopic (exact) mass is 294 g/mol. The number of hydrazone groups is 2. The first-order valence-corrected chi connectivity index (χ1v) is 8.38. The van der Waals surface area contributed by atoms with Crippen LogP contribution in [-0.2, 0) is 0 Å². The van der Waals surface area contributed by atoms with Crippen LogP contribution < -0.4 is 0 Å². The van der Waals surface area contributed by atoms with Crippen LogP contribution in [0.1, 0.15) is 46.0 Å². The van der Waals surface area contributed by atoms with Gasteiger partial charge in [0.05, 0.1) is 0 Å². The van der Waals surface area contributed by atoms with Crippen molar-refractivity contribution in [3.63, 3.8) is 0 Å². The molecule has 0 aromatic heterocycles. The average Bonchev–Trinajstić information content (AvgIpc) is 3.12. The van der Waals surface area contributed by atoms with E-state index in [9.17, 15) is 0 Å². The van der Waals surface area contributed by atoms with E-state index >= 15 is 0 Å². The molecule has 2 heterocycles. The lowest BCUT2D eigenvalue weighted by molar-refractivity contribution is 0.213. The quantitative estimate of drug-likeness (QED) is 0.618. The van der Waals surface area contributed by atoms with E-state index in [2.05, 4.69) is 43.9 Å². The van der Waals surface area contributed by atoms with Crippen LogP contribution in [0.5, 0.6) is 0 Å². The van der Waals surface area contributed by atoms with Gasteiger partial charge in [-0.1, -0.05) is 26.7 Å². The maximum Gasteiger partial charge on any atom is 0.113 e. The molecule has 2 aliphatic rings. The summed E-state index contributed by atoms with van der Waals surface area (Å²) in [6.07, 6.45) is 10.0. The molecule has 0 amide bonds. The molecule has 0 spiro atoms. The van der Waals surface area contributed by atoms with Gasteiger partial charge in [-0.15, -0.1) is 0 Å². The molecule has 0 bridgehead atoms. The molecule has 0 N–H and O–H groups in total. The molecule has 0 saturated carbocycles. The van der Waals surface area contributed by atoms with Crippen LogP contribution in [0, 0.1) is 0 Å². The maximum atomic E-state index is 4.44. The zero-order chi connectivity index (χ0) is 14.9. The molecule has 0 atom stereocenters. The number of unbranched alkanes of at least 4 members (excludes halogenated alkanes) is 2. The van der Waals surface area contributed by atoms with Crippen LogP contribution in [-0.4, -0.2) is 72.0 Å². The second-order valence-electron chi connectivity index (χ2n) is 5.89. The Balaban J connectivity index is 1.53. The topological polar surface area (TPSA) is 37.7 Å². The molecule has 0 aromatic carbocycles. The standard InChI is InChI=1S/C15H30N6/c1-3-5-10-20-14-18(12-16-20)8-7-9-19-13-17-21(15-19)11-6-4-2/h12-13H,3-11,14-15H2,1-2H3. The summed E-state index contributed by atoms with van der Waals surface area (Å²) >= 11 is 0. The lowest BCUT2D eigenvalue weighted by Gasteiger charge is -2.21. The fraction of sp³-hybridized carbons (Fsp3) is 0.867. The second-order valence-corrected chi connectivity index (χ2v) is 5.89. The van der Waals surface area contributed by atoms with Crippen LogP contribution in [0.4, 0.5) is 0 Å². The first-order valence-electron chi connectivity index (χ1n) is 8.38. The van der Waals surface area contributed by atoms with Gasteiger partial charge in [-0.2, -0.15) is 10.2 Å². The van der Waals surface area contributed by atoms with Gasteiger partial charge in [0.2, 0.25) is 0 Å². The van der Waals surface area contributed by atoms with E-state index in [-0.39, 0.29) is 0 Å². The normalized spacial score (nSPS) is 17.6. The number of nitrogens with zero attached hydrogens (tertiary/aromatic N) is 6. The molecule has 2 aliphatic heterocycles. The maximum absolute atomic E-state index is 4.44. The first kappa shape index (κ1) is 15.9. The molecular formula is C15H30N6. The summed E-state index contributed by atoms with van der Waals surface area (Å²) < 4.78 is 0. The largest absolute Gasteiger partial charge is 0.342 e. The number of hydrogen-bond donors (Lipinski definition) is 0. The predicted molar refractivity (Wildman–Crippen MR) is 88.0 cm³/mol. The molecule has 6 heteroatoms. The van der Waals surface area contributed by atoms with Gasteiger partial charge in [-0.25, -0.2) is 0 Å². The van der Waals surface area contributed by atoms with Crippen molar-refractivity contribution in [2.24, 2.45) is 10.2 Å². The fourth-order valence-corrected chi connectivity index (χ4v) is 2.53. The average molecular weight is 294 g/mol. The number of rotatable bonds is 10. The van der Waals surface area contributed by atoms with Gasteiger partial charge in [-0.05, 0) is 19.3 Å². The van der Waals surface area contributed by atoms with Crippen LogP contribution in [0.25, 0.3) is 0 Å². The highest BCUT2D eigenvalue weighted by molar-refractivity contribution is 5.56. The lowest BCUT2D eigenvalue weighted by Crippen LogP contribution is -2.32. The fourth-order valence-electron chi connectivity index (χ4n) is 2.53. The van der Waals surface area contributed by atoms with Crippen molar-refractivity contribution in [3.8, 4) is 0 Å². The highest BCUT2D eigenvalue weighted by Crippen LogP contribution is 2.07. The van der Waals surface area contributed by atoms with Crippen molar-refractivity contribution in [2.75, 3.05) is 39.5 Å². The third kappa shape index (κ3) is 5.44. The Morgan fingerprint density at radius 2 is 1.19 bits per heavy atom. The summed E-state index contributed by atoms with van der Waals surface area (Å²) in [6.45, 7) is 10.7. The van der Waals surface area contributed by atoms with Gasteiger partial charge in [0.25, 0.3) is 0 Å². The summed E-state index contributed by atoms with van der Waals surface area (Å²) in [6, 6.07) is 0. The zero-order valence-electron chi connectivity index (χ0n) is 13.6. The lowest BCUT2D eigenvalue weighted by atomic mass is 10.3. The van der Waals surface area contributed by atoms with E-state index in [1.54, 1.807) is 0 Å². The minimum Gasteiger partial charge on any atom is -0.342 e. The third-order valence-electron chi connectivity index (χ3n) is 3.88. The van der Waals surface area contributed by atoms with Crippen LogP contribution in [0.15, 0.2) is 10.2 Å². The SMILES string of the molecule is CCCCN1CN(CCCN2C=NN(CCCC)C2)C=N1. The van der Waals surface area contributed by atoms with Crippen molar-refractivity contribution in [3.05, 3.63) is 0 Å². The molecule has 2 rings (SSSR count). The Bertz CT molecular complexity index is 311. The van der Waals surface area contributed by atoms with Gasteiger partial charge in [0.1, 0.15) is 26.0 Å². The van der Waals surface area contributed by atoms with Crippen LogP contribution in [0.2, 0.25) is 0 Å². The van der Waals surface area contributed by atoms with Gasteiger partial charge in [0, 0.05) is 26.2 Å². The summed E-state index contributed by atoms with van der Waals surface area (Å²) in [5.41, 5.74) is 0. The van der Waals surface area contributed by atoms with E-state index in [1.807, 2.05) is 12.7 Å². The molecular weight excluding hydrogens is 264 g/mol. The third-order valence-corrected chi connectivity index (χ3v) is 3.88. The highest BCUT2D eigenvalue weighted by Gasteiger charge is 2.15. The van der Waals surface area contributed by atoms with E-state index < -0.39 is 0 Å². The van der Waals surface area contributed by atoms with E-state index in [1.165, 1.54) is 25.7 Å². The van der Waals surface area contributed by atoms with Gasteiger partial charge in [0.15, 0.2) is 0 Å². The summed E-state index contributed by atoms with van der Waals surface area (Å²) in [5, 5.41) is 13.2. The van der Waals surface area contributed by atoms with Crippen molar-refractivity contribution in [1.82, 2.24) is 19.8 Å². The Morgan fingerprint density at radius 3 is 1.62 bits per heavy atom. The predicted octanol–water partition coefficient (Wildman–Crippen LogP) is 2.01. The Hall–Kier alpha value is -1.46. The molecule has 0 unspecified atom stereocenters. The van der Waals surface area contributed by atoms with Crippen molar-refractivity contribution in [2.45, 2.75) is 46.0 Å². The van der Waals surface area contributed by atoms with E-state index in [4.69, 9.17) is 0 Å². The van der Waals surface area contributed by atoms with E-state index in [0.717, 1.165) is 45.9 Å². The van der Waals surface area contributed by atoms with Crippen molar-refractivity contribution >= 4 is 12.7 Å². The molecule has 0 fully saturated rings.